The number of nitrogens with zero attached hydrogens (tertiary/aromatic N) is 4. The fourth-order valence-corrected chi connectivity index (χ4v) is 4.36. The molecule has 0 aliphatic carbocycles. The van der Waals surface area contributed by atoms with Gasteiger partial charge >= 0.3 is 0 Å². The molecule has 4 rings (SSSR count). The van der Waals surface area contributed by atoms with Crippen molar-refractivity contribution >= 4 is 11.7 Å². The van der Waals surface area contributed by atoms with Crippen LogP contribution in [-0.4, -0.2) is 47.0 Å². The van der Waals surface area contributed by atoms with Crippen molar-refractivity contribution < 1.29 is 9.18 Å². The van der Waals surface area contributed by atoms with E-state index in [1.165, 1.54) is 23.3 Å². The Labute approximate surface area is 195 Å². The van der Waals surface area contributed by atoms with E-state index in [1.807, 2.05) is 11.8 Å². The summed E-state index contributed by atoms with van der Waals surface area (Å²) < 4.78 is 13.2. The number of hydrogen-bond acceptors (Lipinski definition) is 4. The van der Waals surface area contributed by atoms with Crippen LogP contribution in [0.4, 0.5) is 10.2 Å². The lowest BCUT2D eigenvalue weighted by Crippen LogP contribution is -2.36. The first-order chi connectivity index (χ1) is 15.9. The summed E-state index contributed by atoms with van der Waals surface area (Å²) in [5.41, 5.74) is 5.48. The Balaban J connectivity index is 1.49. The number of anilines is 1. The predicted octanol–water partition coefficient (Wildman–Crippen LogP) is 4.41. The van der Waals surface area contributed by atoms with E-state index in [9.17, 15) is 9.18 Å². The highest BCUT2D eigenvalue weighted by molar-refractivity contribution is 5.79. The monoisotopic (exact) mass is 446 g/mol. The molecule has 0 saturated carbocycles. The van der Waals surface area contributed by atoms with Gasteiger partial charge in [-0.2, -0.15) is 0 Å². The van der Waals surface area contributed by atoms with Gasteiger partial charge < -0.3 is 9.80 Å². The molecule has 2 heterocycles. The molecule has 6 heteroatoms. The van der Waals surface area contributed by atoms with E-state index in [2.05, 4.69) is 48.0 Å². The molecule has 1 aliphatic heterocycles. The normalized spacial score (nSPS) is 14.3. The Morgan fingerprint density at radius 1 is 0.879 bits per heavy atom. The average molecular weight is 447 g/mol. The van der Waals surface area contributed by atoms with Gasteiger partial charge in [0.2, 0.25) is 5.91 Å². The summed E-state index contributed by atoms with van der Waals surface area (Å²) in [6.45, 7) is 9.01. The topological polar surface area (TPSA) is 49.3 Å². The number of hydrogen-bond donors (Lipinski definition) is 0. The largest absolute Gasteiger partial charge is 0.354 e. The summed E-state index contributed by atoms with van der Waals surface area (Å²) in [4.78, 5) is 26.6. The number of aromatic nitrogens is 2. The lowest BCUT2D eigenvalue weighted by molar-refractivity contribution is -0.130. The van der Waals surface area contributed by atoms with Crippen molar-refractivity contribution in [3.05, 3.63) is 88.1 Å². The maximum atomic E-state index is 13.2. The third-order valence-corrected chi connectivity index (χ3v) is 6.22. The highest BCUT2D eigenvalue weighted by Gasteiger charge is 2.23. The quantitative estimate of drug-likeness (QED) is 0.582. The Hall–Kier alpha value is -3.28. The molecule has 1 aromatic heterocycles. The lowest BCUT2D eigenvalue weighted by Gasteiger charge is -2.26. The van der Waals surface area contributed by atoms with E-state index < -0.39 is 0 Å². The third-order valence-electron chi connectivity index (χ3n) is 6.22. The fraction of sp³-hybridized carbons (Fsp3) is 0.370. The van der Waals surface area contributed by atoms with Gasteiger partial charge in [0.15, 0.2) is 0 Å². The van der Waals surface area contributed by atoms with Crippen molar-refractivity contribution in [2.24, 2.45) is 0 Å². The van der Waals surface area contributed by atoms with Gasteiger partial charge in [0, 0.05) is 43.9 Å². The second-order valence-corrected chi connectivity index (χ2v) is 8.85. The zero-order chi connectivity index (χ0) is 23.4. The minimum atomic E-state index is -0.284. The van der Waals surface area contributed by atoms with Crippen LogP contribution >= 0.6 is 0 Å². The van der Waals surface area contributed by atoms with Gasteiger partial charge in [-0.25, -0.2) is 14.4 Å². The van der Waals surface area contributed by atoms with E-state index in [4.69, 9.17) is 4.98 Å². The van der Waals surface area contributed by atoms with E-state index in [0.29, 0.717) is 19.5 Å². The first kappa shape index (κ1) is 22.9. The van der Waals surface area contributed by atoms with Crippen LogP contribution in [0.25, 0.3) is 0 Å². The average Bonchev–Trinajstić information content (AvgIpc) is 3.05. The fourth-order valence-electron chi connectivity index (χ4n) is 4.36. The van der Waals surface area contributed by atoms with Crippen LogP contribution in [0.1, 0.15) is 40.2 Å². The highest BCUT2D eigenvalue weighted by atomic mass is 19.1. The van der Waals surface area contributed by atoms with Crippen molar-refractivity contribution in [3.8, 4) is 0 Å². The summed E-state index contributed by atoms with van der Waals surface area (Å²) in [6.07, 6.45) is 1.96. The number of carbonyl (C=O) groups is 1. The maximum absolute atomic E-state index is 13.2. The first-order valence-corrected chi connectivity index (χ1v) is 11.6. The zero-order valence-electron chi connectivity index (χ0n) is 19.6. The van der Waals surface area contributed by atoms with Crippen LogP contribution in [0, 0.1) is 26.6 Å². The Morgan fingerprint density at radius 2 is 1.58 bits per heavy atom. The van der Waals surface area contributed by atoms with Crippen LogP contribution in [0.3, 0.4) is 0 Å². The van der Waals surface area contributed by atoms with Gasteiger partial charge in [0.25, 0.3) is 0 Å². The van der Waals surface area contributed by atoms with Crippen LogP contribution < -0.4 is 4.90 Å². The molecule has 1 fully saturated rings. The van der Waals surface area contributed by atoms with Crippen molar-refractivity contribution in [2.75, 3.05) is 31.1 Å². The van der Waals surface area contributed by atoms with Crippen molar-refractivity contribution in [1.29, 1.82) is 0 Å². The van der Waals surface area contributed by atoms with E-state index in [-0.39, 0.29) is 11.7 Å². The summed E-state index contributed by atoms with van der Waals surface area (Å²) in [7, 11) is 0. The molecule has 0 bridgehead atoms. The molecule has 1 amide bonds. The highest BCUT2D eigenvalue weighted by Crippen LogP contribution is 2.25. The molecule has 0 unspecified atom stereocenters. The number of amides is 1. The van der Waals surface area contributed by atoms with E-state index >= 15 is 0 Å². The molecule has 1 saturated heterocycles. The standard InChI is InChI=1S/C27H31FN4O/c1-19-5-7-22(8-6-19)17-25-20(2)29-21(3)30-27(25)32-14-4-13-31(15-16-32)26(33)18-23-9-11-24(28)12-10-23/h5-12H,4,13-18H2,1-3H3. The van der Waals surface area contributed by atoms with Crippen LogP contribution in [0.5, 0.6) is 0 Å². The Morgan fingerprint density at radius 3 is 2.30 bits per heavy atom. The molecule has 1 aliphatic rings. The minimum Gasteiger partial charge on any atom is -0.354 e. The number of rotatable bonds is 5. The Kier molecular flexibility index (Phi) is 7.02. The van der Waals surface area contributed by atoms with Gasteiger partial charge in [-0.3, -0.25) is 4.79 Å². The summed E-state index contributed by atoms with van der Waals surface area (Å²) in [6, 6.07) is 14.8. The summed E-state index contributed by atoms with van der Waals surface area (Å²) >= 11 is 0. The molecular weight excluding hydrogens is 415 g/mol. The van der Waals surface area contributed by atoms with Crippen LogP contribution in [0.15, 0.2) is 48.5 Å². The first-order valence-electron chi connectivity index (χ1n) is 11.6. The van der Waals surface area contributed by atoms with Crippen LogP contribution in [-0.2, 0) is 17.6 Å². The van der Waals surface area contributed by atoms with Gasteiger partial charge in [-0.05, 0) is 50.5 Å². The molecule has 3 aromatic rings. The SMILES string of the molecule is Cc1ccc(Cc2c(C)nc(C)nc2N2CCCN(C(=O)Cc3ccc(F)cc3)CC2)cc1. The third kappa shape index (κ3) is 5.75. The Bertz CT molecular complexity index is 1110. The molecule has 33 heavy (non-hydrogen) atoms. The predicted molar refractivity (Wildman–Crippen MR) is 129 cm³/mol. The van der Waals surface area contributed by atoms with E-state index in [1.54, 1.807) is 12.1 Å². The summed E-state index contributed by atoms with van der Waals surface area (Å²) in [5, 5.41) is 0. The molecule has 0 spiro atoms. The van der Waals surface area contributed by atoms with Gasteiger partial charge in [0.1, 0.15) is 17.5 Å². The molecule has 0 N–H and O–H groups in total. The molecule has 2 aromatic carbocycles. The lowest BCUT2D eigenvalue weighted by atomic mass is 10.0. The number of benzene rings is 2. The van der Waals surface area contributed by atoms with Gasteiger partial charge in [0.05, 0.1) is 6.42 Å². The van der Waals surface area contributed by atoms with Gasteiger partial charge in [-0.15, -0.1) is 0 Å². The second-order valence-electron chi connectivity index (χ2n) is 8.85. The van der Waals surface area contributed by atoms with Crippen molar-refractivity contribution in [3.63, 3.8) is 0 Å². The molecular formula is C27H31FN4O. The molecule has 0 radical (unpaired) electrons. The van der Waals surface area contributed by atoms with Crippen molar-refractivity contribution in [1.82, 2.24) is 14.9 Å². The molecule has 172 valence electrons. The van der Waals surface area contributed by atoms with E-state index in [0.717, 1.165) is 54.4 Å². The summed E-state index contributed by atoms with van der Waals surface area (Å²) in [5.74, 6) is 1.55. The maximum Gasteiger partial charge on any atom is 0.227 e. The van der Waals surface area contributed by atoms with Crippen molar-refractivity contribution in [2.45, 2.75) is 40.0 Å². The molecule has 5 nitrogen and oxygen atoms in total. The number of carbonyl (C=O) groups excluding carboxylic acids is 1. The number of aryl methyl sites for hydroxylation is 3. The smallest absolute Gasteiger partial charge is 0.227 e. The molecule has 0 atom stereocenters. The zero-order valence-corrected chi connectivity index (χ0v) is 19.6. The minimum absolute atomic E-state index is 0.0818. The second kappa shape index (κ2) is 10.1. The number of halogens is 1. The van der Waals surface area contributed by atoms with Crippen LogP contribution in [0.2, 0.25) is 0 Å². The van der Waals surface area contributed by atoms with Gasteiger partial charge in [-0.1, -0.05) is 42.0 Å².